The van der Waals surface area contributed by atoms with E-state index in [0.717, 1.165) is 22.9 Å². The Morgan fingerprint density at radius 3 is 2.55 bits per heavy atom. The highest BCUT2D eigenvalue weighted by Gasteiger charge is 2.45. The first-order valence-corrected chi connectivity index (χ1v) is 7.09. The van der Waals surface area contributed by atoms with Crippen LogP contribution in [0.4, 0.5) is 0 Å². The van der Waals surface area contributed by atoms with Crippen molar-refractivity contribution in [1.29, 1.82) is 5.26 Å². The molecule has 4 nitrogen and oxygen atoms in total. The van der Waals surface area contributed by atoms with E-state index in [1.807, 2.05) is 12.1 Å². The summed E-state index contributed by atoms with van der Waals surface area (Å²) in [4.78, 5) is 15.1. The molecular formula is C15H12BrN3O. The first kappa shape index (κ1) is 12.9. The third kappa shape index (κ3) is 2.35. The molecule has 0 atom stereocenters. The van der Waals surface area contributed by atoms with Crippen molar-refractivity contribution in [3.8, 4) is 6.07 Å². The summed E-state index contributed by atoms with van der Waals surface area (Å²) < 4.78 is 0.853. The van der Waals surface area contributed by atoms with Crippen LogP contribution in [0.15, 0.2) is 41.0 Å². The van der Waals surface area contributed by atoms with Gasteiger partial charge in [0.1, 0.15) is 5.69 Å². The lowest BCUT2D eigenvalue weighted by molar-refractivity contribution is 0.0926. The van der Waals surface area contributed by atoms with Crippen molar-refractivity contribution in [2.45, 2.75) is 18.4 Å². The number of hydrogen-bond donors (Lipinski definition) is 2. The zero-order chi connectivity index (χ0) is 14.2. The summed E-state index contributed by atoms with van der Waals surface area (Å²) in [5, 5.41) is 11.9. The van der Waals surface area contributed by atoms with Gasteiger partial charge in [-0.25, -0.2) is 0 Å². The molecule has 0 saturated heterocycles. The molecule has 1 aliphatic carbocycles. The molecule has 3 rings (SSSR count). The van der Waals surface area contributed by atoms with Crippen LogP contribution in [-0.4, -0.2) is 10.9 Å². The molecule has 0 unspecified atom stereocenters. The molecule has 1 saturated carbocycles. The summed E-state index contributed by atoms with van der Waals surface area (Å²) in [7, 11) is 0. The van der Waals surface area contributed by atoms with Crippen molar-refractivity contribution in [1.82, 2.24) is 10.3 Å². The molecule has 2 N–H and O–H groups in total. The number of benzene rings is 1. The van der Waals surface area contributed by atoms with Crippen LogP contribution >= 0.6 is 15.9 Å². The van der Waals surface area contributed by atoms with Gasteiger partial charge in [-0.15, -0.1) is 0 Å². The molecule has 20 heavy (non-hydrogen) atoms. The van der Waals surface area contributed by atoms with Crippen LogP contribution in [0, 0.1) is 11.3 Å². The molecule has 1 amide bonds. The summed E-state index contributed by atoms with van der Waals surface area (Å²) in [6.07, 6.45) is 3.58. The van der Waals surface area contributed by atoms with E-state index in [2.05, 4.69) is 32.3 Å². The minimum atomic E-state index is -0.275. The fraction of sp³-hybridized carbons (Fsp3) is 0.200. The van der Waals surface area contributed by atoms with Crippen molar-refractivity contribution in [2.75, 3.05) is 0 Å². The van der Waals surface area contributed by atoms with Crippen molar-refractivity contribution in [3.05, 3.63) is 57.8 Å². The molecule has 5 heteroatoms. The van der Waals surface area contributed by atoms with Gasteiger partial charge in [-0.1, -0.05) is 12.1 Å². The van der Waals surface area contributed by atoms with E-state index in [0.29, 0.717) is 11.3 Å². The third-order valence-corrected chi connectivity index (χ3v) is 4.02. The van der Waals surface area contributed by atoms with Crippen molar-refractivity contribution in [2.24, 2.45) is 0 Å². The number of rotatable bonds is 3. The average molecular weight is 330 g/mol. The Bertz CT molecular complexity index is 693. The summed E-state index contributed by atoms with van der Waals surface area (Å²) >= 11 is 3.31. The summed E-state index contributed by atoms with van der Waals surface area (Å²) in [5.41, 5.74) is 1.94. The second-order valence-corrected chi connectivity index (χ2v) is 5.87. The molecule has 1 aromatic heterocycles. The van der Waals surface area contributed by atoms with Gasteiger partial charge in [0.05, 0.1) is 17.2 Å². The fourth-order valence-corrected chi connectivity index (χ4v) is 2.60. The lowest BCUT2D eigenvalue weighted by Crippen LogP contribution is -2.35. The van der Waals surface area contributed by atoms with Gasteiger partial charge in [-0.2, -0.15) is 5.26 Å². The Hall–Kier alpha value is -2.06. The SMILES string of the molecule is N#Cc1ccc(C2(NC(=O)c3cc(Br)c[nH]3)CC2)cc1. The number of aromatic nitrogens is 1. The van der Waals surface area contributed by atoms with Crippen molar-refractivity contribution >= 4 is 21.8 Å². The maximum absolute atomic E-state index is 12.2. The number of carbonyl (C=O) groups is 1. The second kappa shape index (κ2) is 4.80. The van der Waals surface area contributed by atoms with E-state index in [4.69, 9.17) is 5.26 Å². The number of H-pyrrole nitrogens is 1. The van der Waals surface area contributed by atoms with Crippen LogP contribution in [-0.2, 0) is 5.54 Å². The molecule has 1 fully saturated rings. The van der Waals surface area contributed by atoms with E-state index in [9.17, 15) is 4.79 Å². The predicted molar refractivity (Wildman–Crippen MR) is 78.0 cm³/mol. The number of halogens is 1. The van der Waals surface area contributed by atoms with E-state index in [1.165, 1.54) is 0 Å². The van der Waals surface area contributed by atoms with Crippen LogP contribution < -0.4 is 5.32 Å². The van der Waals surface area contributed by atoms with Gasteiger partial charge in [0.2, 0.25) is 0 Å². The van der Waals surface area contributed by atoms with Crippen molar-refractivity contribution < 1.29 is 4.79 Å². The van der Waals surface area contributed by atoms with Gasteiger partial charge in [0, 0.05) is 10.7 Å². The van der Waals surface area contributed by atoms with Crippen LogP contribution in [0.3, 0.4) is 0 Å². The number of carbonyl (C=O) groups excluding carboxylic acids is 1. The summed E-state index contributed by atoms with van der Waals surface area (Å²) in [6, 6.07) is 11.2. The van der Waals surface area contributed by atoms with Gasteiger partial charge < -0.3 is 10.3 Å². The third-order valence-electron chi connectivity index (χ3n) is 3.56. The Balaban J connectivity index is 1.79. The quantitative estimate of drug-likeness (QED) is 0.908. The fourth-order valence-electron chi connectivity index (χ4n) is 2.26. The van der Waals surface area contributed by atoms with E-state index < -0.39 is 0 Å². The highest BCUT2D eigenvalue weighted by Crippen LogP contribution is 2.45. The minimum absolute atomic E-state index is 0.113. The number of aromatic amines is 1. The zero-order valence-electron chi connectivity index (χ0n) is 10.6. The highest BCUT2D eigenvalue weighted by atomic mass is 79.9. The predicted octanol–water partition coefficient (Wildman–Crippen LogP) is 3.07. The summed E-state index contributed by atoms with van der Waals surface area (Å²) in [5.74, 6) is -0.113. The minimum Gasteiger partial charge on any atom is -0.356 e. The summed E-state index contributed by atoms with van der Waals surface area (Å²) in [6.45, 7) is 0. The monoisotopic (exact) mass is 329 g/mol. The maximum atomic E-state index is 12.2. The standard InChI is InChI=1S/C15H12BrN3O/c16-12-7-13(18-9-12)14(20)19-15(5-6-15)11-3-1-10(8-17)2-4-11/h1-4,7,9,18H,5-6H2,(H,19,20). The normalized spacial score (nSPS) is 15.4. The molecule has 1 aliphatic rings. The Kier molecular flexibility index (Phi) is 3.11. The molecule has 100 valence electrons. The van der Waals surface area contributed by atoms with Gasteiger partial charge >= 0.3 is 0 Å². The molecule has 1 heterocycles. The van der Waals surface area contributed by atoms with Crippen molar-refractivity contribution in [3.63, 3.8) is 0 Å². The number of nitrogens with one attached hydrogen (secondary N) is 2. The lowest BCUT2D eigenvalue weighted by Gasteiger charge is -2.17. The second-order valence-electron chi connectivity index (χ2n) is 4.96. The number of hydrogen-bond acceptors (Lipinski definition) is 2. The molecule has 0 radical (unpaired) electrons. The highest BCUT2D eigenvalue weighted by molar-refractivity contribution is 9.10. The van der Waals surface area contributed by atoms with Crippen LogP contribution in [0.1, 0.15) is 34.5 Å². The van der Waals surface area contributed by atoms with Crippen LogP contribution in [0.2, 0.25) is 0 Å². The topological polar surface area (TPSA) is 68.7 Å². The first-order chi connectivity index (χ1) is 9.63. The van der Waals surface area contributed by atoms with E-state index >= 15 is 0 Å². The number of nitrogens with zero attached hydrogens (tertiary/aromatic N) is 1. The van der Waals surface area contributed by atoms with E-state index in [-0.39, 0.29) is 11.4 Å². The average Bonchev–Trinajstić information content (AvgIpc) is 3.11. The Morgan fingerprint density at radius 2 is 2.05 bits per heavy atom. The van der Waals surface area contributed by atoms with E-state index in [1.54, 1.807) is 24.4 Å². The maximum Gasteiger partial charge on any atom is 0.268 e. The molecule has 2 aromatic rings. The molecule has 1 aromatic carbocycles. The molecule has 0 spiro atoms. The zero-order valence-corrected chi connectivity index (χ0v) is 12.2. The molecular weight excluding hydrogens is 318 g/mol. The molecule has 0 aliphatic heterocycles. The lowest BCUT2D eigenvalue weighted by atomic mass is 10.0. The van der Waals surface area contributed by atoms with Crippen LogP contribution in [0.5, 0.6) is 0 Å². The van der Waals surface area contributed by atoms with Gasteiger partial charge in [-0.05, 0) is 52.5 Å². The molecule has 0 bridgehead atoms. The number of amides is 1. The Labute approximate surface area is 124 Å². The van der Waals surface area contributed by atoms with Gasteiger partial charge in [0.25, 0.3) is 5.91 Å². The smallest absolute Gasteiger partial charge is 0.268 e. The first-order valence-electron chi connectivity index (χ1n) is 6.30. The largest absolute Gasteiger partial charge is 0.356 e. The van der Waals surface area contributed by atoms with Gasteiger partial charge in [0.15, 0.2) is 0 Å². The Morgan fingerprint density at radius 1 is 1.35 bits per heavy atom. The van der Waals surface area contributed by atoms with Gasteiger partial charge in [-0.3, -0.25) is 4.79 Å². The van der Waals surface area contributed by atoms with Crippen LogP contribution in [0.25, 0.3) is 0 Å². The number of nitriles is 1.